The molecule has 0 saturated heterocycles. The van der Waals surface area contributed by atoms with E-state index in [1.54, 1.807) is 29.2 Å². The second-order valence-corrected chi connectivity index (χ2v) is 10.2. The third kappa shape index (κ3) is 4.89. The molecule has 0 aromatic carbocycles. The van der Waals surface area contributed by atoms with E-state index in [2.05, 4.69) is 30.4 Å². The summed E-state index contributed by atoms with van der Waals surface area (Å²) in [6, 6.07) is 2.19. The molecule has 6 rings (SSSR count). The summed E-state index contributed by atoms with van der Waals surface area (Å²) in [6.45, 7) is 2.16. The van der Waals surface area contributed by atoms with E-state index in [-0.39, 0.29) is 28.8 Å². The van der Waals surface area contributed by atoms with E-state index in [4.69, 9.17) is 9.98 Å². The minimum atomic E-state index is -0.507. The summed E-state index contributed by atoms with van der Waals surface area (Å²) in [5, 5.41) is 17.9. The van der Waals surface area contributed by atoms with Gasteiger partial charge in [0.05, 0.1) is 52.2 Å². The number of aromatic amines is 2. The summed E-state index contributed by atoms with van der Waals surface area (Å²) < 4.78 is 1.67. The fraction of sp³-hybridized carbons (Fsp3) is 0.292. The Bertz CT molecular complexity index is 1710. The molecule has 1 amide bonds. The first-order valence-corrected chi connectivity index (χ1v) is 12.7. The molecular weight excluding hydrogens is 494 g/mol. The standard InChI is InChI=1S/C24H23N9O3S/c1-12-8-26-15(10-25-12)11-27-23(35)19-5-4-18(37-19)16-7-20(29-14-2-3-14)33-21(30-16)13(9-28-33)6-17-22(34)32-24(36)31-17/h5-10,14,18,34H,2-4,11H2,1H3,(H,27,35)(H2,31,32,36). The average Bonchev–Trinajstić information content (AvgIpc) is 3.25. The minimum absolute atomic E-state index is 0.0683. The molecule has 1 saturated carbocycles. The zero-order valence-electron chi connectivity index (χ0n) is 19.8. The highest BCUT2D eigenvalue weighted by Crippen LogP contribution is 2.42. The first kappa shape index (κ1) is 23.2. The van der Waals surface area contributed by atoms with Crippen molar-refractivity contribution < 1.29 is 9.90 Å². The van der Waals surface area contributed by atoms with Crippen LogP contribution in [0, 0.1) is 6.92 Å². The van der Waals surface area contributed by atoms with Crippen LogP contribution in [0.4, 0.5) is 0 Å². The lowest BCUT2D eigenvalue weighted by Gasteiger charge is -2.10. The van der Waals surface area contributed by atoms with E-state index in [9.17, 15) is 14.7 Å². The monoisotopic (exact) mass is 517 g/mol. The molecule has 188 valence electrons. The van der Waals surface area contributed by atoms with Crippen LogP contribution in [0.1, 0.15) is 47.3 Å². The Morgan fingerprint density at radius 1 is 1.30 bits per heavy atom. The molecule has 4 N–H and O–H groups in total. The van der Waals surface area contributed by atoms with Crippen molar-refractivity contribution in [2.75, 3.05) is 0 Å². The average molecular weight is 518 g/mol. The number of hydrogen-bond donors (Lipinski definition) is 4. The molecular formula is C24H23N9O3S. The van der Waals surface area contributed by atoms with Gasteiger partial charge in [-0.15, -0.1) is 11.8 Å². The van der Waals surface area contributed by atoms with Gasteiger partial charge in [0, 0.05) is 17.5 Å². The molecule has 4 aromatic rings. The lowest BCUT2D eigenvalue weighted by atomic mass is 10.2. The first-order chi connectivity index (χ1) is 17.9. The van der Waals surface area contributed by atoms with Gasteiger partial charge in [-0.3, -0.25) is 24.7 Å². The van der Waals surface area contributed by atoms with E-state index in [0.717, 1.165) is 24.2 Å². The normalized spacial score (nSPS) is 18.5. The predicted octanol–water partition coefficient (Wildman–Crippen LogP) is 0.539. The van der Waals surface area contributed by atoms with Crippen molar-refractivity contribution in [1.82, 2.24) is 39.9 Å². The van der Waals surface area contributed by atoms with Crippen molar-refractivity contribution in [2.24, 2.45) is 4.99 Å². The number of rotatable bonds is 6. The number of imidazole rings is 1. The molecule has 1 aliphatic carbocycles. The van der Waals surface area contributed by atoms with Crippen molar-refractivity contribution in [3.63, 3.8) is 0 Å². The van der Waals surface area contributed by atoms with E-state index in [1.165, 1.54) is 11.8 Å². The smallest absolute Gasteiger partial charge is 0.326 e. The largest absolute Gasteiger partial charge is 0.493 e. The molecule has 0 bridgehead atoms. The second-order valence-electron chi connectivity index (χ2n) is 8.96. The number of amides is 1. The number of aryl methyl sites for hydroxylation is 1. The fourth-order valence-corrected chi connectivity index (χ4v) is 5.05. The van der Waals surface area contributed by atoms with E-state index in [1.807, 2.05) is 19.1 Å². The molecule has 4 aromatic heterocycles. The van der Waals surface area contributed by atoms with Crippen molar-refractivity contribution in [2.45, 2.75) is 44.0 Å². The number of thioether (sulfide) groups is 1. The number of fused-ring (bicyclic) bond motifs is 1. The van der Waals surface area contributed by atoms with Crippen LogP contribution in [0.3, 0.4) is 0 Å². The summed E-state index contributed by atoms with van der Waals surface area (Å²) in [6.07, 6.45) is 11.2. The van der Waals surface area contributed by atoms with Crippen molar-refractivity contribution in [3.05, 3.63) is 79.6 Å². The third-order valence-corrected chi connectivity index (χ3v) is 7.33. The lowest BCUT2D eigenvalue weighted by Crippen LogP contribution is -2.23. The van der Waals surface area contributed by atoms with Crippen LogP contribution in [0.2, 0.25) is 0 Å². The van der Waals surface area contributed by atoms with Crippen molar-refractivity contribution in [3.8, 4) is 5.88 Å². The number of allylic oxidation sites excluding steroid dienone is 1. The maximum Gasteiger partial charge on any atom is 0.326 e. The van der Waals surface area contributed by atoms with Crippen molar-refractivity contribution in [1.29, 1.82) is 0 Å². The quantitative estimate of drug-likeness (QED) is 0.288. The number of H-pyrrole nitrogens is 2. The highest BCUT2D eigenvalue weighted by atomic mass is 32.2. The number of carbonyl (C=O) groups is 1. The number of nitrogens with zero attached hydrogens (tertiary/aromatic N) is 6. The summed E-state index contributed by atoms with van der Waals surface area (Å²) in [5.41, 5.74) is 3.26. The Morgan fingerprint density at radius 2 is 2.16 bits per heavy atom. The fourth-order valence-electron chi connectivity index (χ4n) is 3.94. The van der Waals surface area contributed by atoms with Gasteiger partial charge in [-0.05, 0) is 32.3 Å². The summed E-state index contributed by atoms with van der Waals surface area (Å²) >= 11 is 1.46. The van der Waals surface area contributed by atoms with Gasteiger partial charge in [-0.1, -0.05) is 6.08 Å². The second kappa shape index (κ2) is 9.32. The van der Waals surface area contributed by atoms with Gasteiger partial charge in [0.2, 0.25) is 5.88 Å². The van der Waals surface area contributed by atoms with E-state index in [0.29, 0.717) is 39.9 Å². The van der Waals surface area contributed by atoms with Gasteiger partial charge >= 0.3 is 5.69 Å². The Hall–Kier alpha value is -4.26. The van der Waals surface area contributed by atoms with E-state index >= 15 is 0 Å². The van der Waals surface area contributed by atoms with Gasteiger partial charge in [0.1, 0.15) is 5.69 Å². The molecule has 1 fully saturated rings. The molecule has 12 nitrogen and oxygen atoms in total. The van der Waals surface area contributed by atoms with E-state index < -0.39 is 5.69 Å². The predicted molar refractivity (Wildman–Crippen MR) is 135 cm³/mol. The molecule has 1 aliphatic heterocycles. The lowest BCUT2D eigenvalue weighted by molar-refractivity contribution is -0.117. The van der Waals surface area contributed by atoms with Gasteiger partial charge < -0.3 is 15.4 Å². The minimum Gasteiger partial charge on any atom is -0.493 e. The number of nitrogens with one attached hydrogen (secondary N) is 3. The molecule has 13 heteroatoms. The SMILES string of the molecule is Cc1cnc(CNC(=O)C2=CCC(c3cc(=NC4CC4)n4ncc(=Cc5[nH]c(=O)[nH]c5O)c4n3)S2)cn1. The highest BCUT2D eigenvalue weighted by molar-refractivity contribution is 8.04. The molecule has 0 spiro atoms. The molecule has 0 radical (unpaired) electrons. The topological polar surface area (TPSA) is 166 Å². The zero-order valence-corrected chi connectivity index (χ0v) is 20.6. The highest BCUT2D eigenvalue weighted by Gasteiger charge is 2.27. The molecule has 1 unspecified atom stereocenters. The van der Waals surface area contributed by atoms with Crippen LogP contribution in [-0.4, -0.2) is 51.6 Å². The first-order valence-electron chi connectivity index (χ1n) is 11.8. The maximum atomic E-state index is 12.8. The zero-order chi connectivity index (χ0) is 25.5. The van der Waals surface area contributed by atoms with Gasteiger partial charge in [-0.25, -0.2) is 9.78 Å². The molecule has 1 atom stereocenters. The number of hydrogen-bond acceptors (Lipinski definition) is 9. The summed E-state index contributed by atoms with van der Waals surface area (Å²) in [5.74, 6) is -0.421. The van der Waals surface area contributed by atoms with Crippen LogP contribution in [0.15, 0.2) is 45.4 Å². The van der Waals surface area contributed by atoms with Crippen LogP contribution in [0.5, 0.6) is 5.88 Å². The van der Waals surface area contributed by atoms with Crippen LogP contribution >= 0.6 is 11.8 Å². The van der Waals surface area contributed by atoms with Crippen LogP contribution in [0.25, 0.3) is 11.7 Å². The molecule has 37 heavy (non-hydrogen) atoms. The van der Waals surface area contributed by atoms with Gasteiger partial charge in [-0.2, -0.15) is 9.61 Å². The molecule has 2 aliphatic rings. The van der Waals surface area contributed by atoms with Crippen LogP contribution < -0.4 is 21.7 Å². The number of aromatic nitrogens is 7. The Labute approximate surface area is 213 Å². The summed E-state index contributed by atoms with van der Waals surface area (Å²) in [4.78, 5) is 48.0. The van der Waals surface area contributed by atoms with Crippen molar-refractivity contribution >= 4 is 29.4 Å². The molecule has 5 heterocycles. The maximum absolute atomic E-state index is 12.8. The Morgan fingerprint density at radius 3 is 2.89 bits per heavy atom. The summed E-state index contributed by atoms with van der Waals surface area (Å²) in [7, 11) is 0. The Balaban J connectivity index is 1.28. The van der Waals surface area contributed by atoms with Gasteiger partial charge in [0.15, 0.2) is 11.1 Å². The number of carbonyl (C=O) groups excluding carboxylic acids is 1. The third-order valence-electron chi connectivity index (χ3n) is 6.00. The Kier molecular flexibility index (Phi) is 5.83. The van der Waals surface area contributed by atoms with Crippen LogP contribution in [-0.2, 0) is 11.3 Å². The number of aromatic hydroxyl groups is 1. The van der Waals surface area contributed by atoms with Gasteiger partial charge in [0.25, 0.3) is 5.91 Å².